The van der Waals surface area contributed by atoms with Crippen molar-refractivity contribution in [2.75, 3.05) is 33.0 Å². The molecule has 20 heavy (non-hydrogen) atoms. The molecule has 0 heterocycles. The third-order valence-electron chi connectivity index (χ3n) is 2.56. The summed E-state index contributed by atoms with van der Waals surface area (Å²) in [6.45, 7) is 4.92. The topological polar surface area (TPSA) is 55.3 Å². The predicted molar refractivity (Wildman–Crippen MR) is 78.8 cm³/mol. The van der Waals surface area contributed by atoms with E-state index < -0.39 is 0 Å². The number of benzene rings is 1. The Balaban J connectivity index is 1.87. The minimum Gasteiger partial charge on any atom is -0.491 e. The second kappa shape index (κ2) is 11.3. The van der Waals surface area contributed by atoms with E-state index in [4.69, 9.17) is 14.2 Å². The number of hydrogen-bond acceptors (Lipinski definition) is 3. The normalized spacial score (nSPS) is 9.90. The minimum absolute atomic E-state index is 0.544. The zero-order valence-electron chi connectivity index (χ0n) is 12.2. The van der Waals surface area contributed by atoms with Crippen LogP contribution < -0.4 is 10.5 Å². The van der Waals surface area contributed by atoms with Gasteiger partial charge in [0.2, 0.25) is 0 Å². The fourth-order valence-electron chi connectivity index (χ4n) is 1.51. The molecular formula is C16H24NO3+. The van der Waals surface area contributed by atoms with Crippen molar-refractivity contribution in [3.8, 4) is 17.6 Å². The Hall–Kier alpha value is -1.54. The molecule has 110 valence electrons. The van der Waals surface area contributed by atoms with Crippen molar-refractivity contribution in [1.29, 1.82) is 0 Å². The summed E-state index contributed by atoms with van der Waals surface area (Å²) < 4.78 is 16.4. The van der Waals surface area contributed by atoms with Crippen LogP contribution in [0.2, 0.25) is 0 Å². The van der Waals surface area contributed by atoms with Gasteiger partial charge in [0.1, 0.15) is 18.0 Å². The summed E-state index contributed by atoms with van der Waals surface area (Å²) in [6, 6.07) is 7.66. The summed E-state index contributed by atoms with van der Waals surface area (Å²) in [5, 5.41) is 0. The lowest BCUT2D eigenvalue weighted by Crippen LogP contribution is -2.39. The largest absolute Gasteiger partial charge is 0.491 e. The molecule has 0 atom stereocenters. The van der Waals surface area contributed by atoms with Gasteiger partial charge >= 0.3 is 0 Å². The predicted octanol–water partition coefficient (Wildman–Crippen LogP) is 1.78. The molecule has 4 heteroatoms. The zero-order chi connectivity index (χ0) is 14.5. The summed E-state index contributed by atoms with van der Waals surface area (Å²) >= 11 is 0. The Morgan fingerprint density at radius 3 is 2.30 bits per heavy atom. The van der Waals surface area contributed by atoms with Crippen LogP contribution >= 0.6 is 0 Å². The molecule has 0 unspecified atom stereocenters. The number of rotatable bonds is 10. The van der Waals surface area contributed by atoms with E-state index in [2.05, 4.69) is 17.6 Å². The van der Waals surface area contributed by atoms with Gasteiger partial charge in [0.25, 0.3) is 0 Å². The Labute approximate surface area is 121 Å². The lowest BCUT2D eigenvalue weighted by Gasteiger charge is -2.07. The zero-order valence-corrected chi connectivity index (χ0v) is 12.2. The van der Waals surface area contributed by atoms with Crippen LogP contribution in [-0.2, 0) is 9.47 Å². The third-order valence-corrected chi connectivity index (χ3v) is 2.56. The maximum atomic E-state index is 5.52. The fraction of sp³-hybridized carbons (Fsp3) is 0.500. The van der Waals surface area contributed by atoms with Crippen molar-refractivity contribution >= 4 is 5.69 Å². The number of hydrogen-bond donors (Lipinski definition) is 1. The molecule has 0 aliphatic carbocycles. The van der Waals surface area contributed by atoms with E-state index in [1.165, 1.54) is 0 Å². The molecule has 0 aliphatic rings. The van der Waals surface area contributed by atoms with E-state index in [0.29, 0.717) is 26.4 Å². The molecule has 0 saturated heterocycles. The maximum absolute atomic E-state index is 5.52. The fourth-order valence-corrected chi connectivity index (χ4v) is 1.51. The summed E-state index contributed by atoms with van der Waals surface area (Å²) in [4.78, 5) is 0. The summed E-state index contributed by atoms with van der Waals surface area (Å²) in [5.41, 5.74) is 4.80. The highest BCUT2D eigenvalue weighted by molar-refractivity contribution is 5.34. The molecule has 3 N–H and O–H groups in total. The quantitative estimate of drug-likeness (QED) is 0.524. The van der Waals surface area contributed by atoms with Gasteiger partial charge in [-0.25, -0.2) is 0 Å². The lowest BCUT2D eigenvalue weighted by molar-refractivity contribution is -0.254. The first kappa shape index (κ1) is 16.5. The van der Waals surface area contributed by atoms with E-state index in [1.807, 2.05) is 31.2 Å². The Bertz CT molecular complexity index is 406. The molecule has 1 aromatic carbocycles. The summed E-state index contributed by atoms with van der Waals surface area (Å²) in [5.74, 6) is 6.71. The molecule has 4 nitrogen and oxygen atoms in total. The van der Waals surface area contributed by atoms with Gasteiger partial charge in [-0.15, -0.1) is 11.8 Å². The minimum atomic E-state index is 0.544. The standard InChI is InChI=1S/C16H23NO3/c1-2-3-4-5-10-18-11-12-19-13-14-20-16-8-6-15(17)7-9-16/h6-9H,4-5,10-14,17H2,1H3/p+1. The molecule has 0 fully saturated rings. The Kier molecular flexibility index (Phi) is 9.33. The average Bonchev–Trinajstić information content (AvgIpc) is 2.47. The van der Waals surface area contributed by atoms with Gasteiger partial charge in [0, 0.05) is 25.2 Å². The smallest absolute Gasteiger partial charge is 0.128 e. The maximum Gasteiger partial charge on any atom is 0.128 e. The number of quaternary nitrogens is 1. The molecule has 0 saturated carbocycles. The van der Waals surface area contributed by atoms with E-state index in [0.717, 1.165) is 30.9 Å². The van der Waals surface area contributed by atoms with Crippen LogP contribution in [0, 0.1) is 11.8 Å². The first-order valence-corrected chi connectivity index (χ1v) is 6.93. The van der Waals surface area contributed by atoms with Crippen LogP contribution in [0.1, 0.15) is 19.8 Å². The van der Waals surface area contributed by atoms with Crippen LogP contribution in [0.4, 0.5) is 5.69 Å². The van der Waals surface area contributed by atoms with Gasteiger partial charge < -0.3 is 19.9 Å². The highest BCUT2D eigenvalue weighted by atomic mass is 16.5. The first-order chi connectivity index (χ1) is 9.83. The van der Waals surface area contributed by atoms with Gasteiger partial charge in [-0.2, -0.15) is 0 Å². The molecule has 0 amide bonds. The Morgan fingerprint density at radius 1 is 0.950 bits per heavy atom. The first-order valence-electron chi connectivity index (χ1n) is 6.93. The third kappa shape index (κ3) is 8.54. The van der Waals surface area contributed by atoms with Gasteiger partial charge in [-0.1, -0.05) is 0 Å². The highest BCUT2D eigenvalue weighted by Crippen LogP contribution is 2.11. The summed E-state index contributed by atoms with van der Waals surface area (Å²) in [7, 11) is 0. The molecule has 0 spiro atoms. The van der Waals surface area contributed by atoms with E-state index in [-0.39, 0.29) is 0 Å². The SMILES string of the molecule is CC#CCCCOCCOCCOc1ccc([NH3+])cc1. The van der Waals surface area contributed by atoms with Crippen LogP contribution in [0.25, 0.3) is 0 Å². The molecule has 0 radical (unpaired) electrons. The van der Waals surface area contributed by atoms with E-state index in [1.54, 1.807) is 0 Å². The van der Waals surface area contributed by atoms with E-state index >= 15 is 0 Å². The van der Waals surface area contributed by atoms with Crippen molar-refractivity contribution in [3.05, 3.63) is 24.3 Å². The van der Waals surface area contributed by atoms with Crippen molar-refractivity contribution < 1.29 is 19.9 Å². The number of unbranched alkanes of at least 4 members (excludes halogenated alkanes) is 1. The van der Waals surface area contributed by atoms with Crippen LogP contribution in [-0.4, -0.2) is 33.0 Å². The van der Waals surface area contributed by atoms with Crippen molar-refractivity contribution in [3.63, 3.8) is 0 Å². The highest BCUT2D eigenvalue weighted by Gasteiger charge is 1.95. The van der Waals surface area contributed by atoms with Gasteiger partial charge in [-0.05, 0) is 25.5 Å². The second-order valence-electron chi connectivity index (χ2n) is 4.25. The van der Waals surface area contributed by atoms with Crippen LogP contribution in [0.5, 0.6) is 5.75 Å². The number of ether oxygens (including phenoxy) is 3. The molecular weight excluding hydrogens is 254 g/mol. The summed E-state index contributed by atoms with van der Waals surface area (Å²) in [6.07, 6.45) is 1.88. The van der Waals surface area contributed by atoms with E-state index in [9.17, 15) is 0 Å². The second-order valence-corrected chi connectivity index (χ2v) is 4.25. The molecule has 1 aromatic rings. The average molecular weight is 278 g/mol. The van der Waals surface area contributed by atoms with Gasteiger partial charge in [0.15, 0.2) is 0 Å². The van der Waals surface area contributed by atoms with Crippen molar-refractivity contribution in [2.24, 2.45) is 0 Å². The molecule has 1 rings (SSSR count). The lowest BCUT2D eigenvalue weighted by atomic mass is 10.3. The Morgan fingerprint density at radius 2 is 1.60 bits per heavy atom. The monoisotopic (exact) mass is 278 g/mol. The molecule has 0 bridgehead atoms. The van der Waals surface area contributed by atoms with Crippen molar-refractivity contribution in [2.45, 2.75) is 19.8 Å². The molecule has 0 aromatic heterocycles. The molecule has 0 aliphatic heterocycles. The van der Waals surface area contributed by atoms with Crippen LogP contribution in [0.15, 0.2) is 24.3 Å². The van der Waals surface area contributed by atoms with Crippen molar-refractivity contribution in [1.82, 2.24) is 0 Å². The van der Waals surface area contributed by atoms with Gasteiger partial charge in [0.05, 0.1) is 19.8 Å². The van der Waals surface area contributed by atoms with Gasteiger partial charge in [-0.3, -0.25) is 0 Å². The van der Waals surface area contributed by atoms with Crippen LogP contribution in [0.3, 0.4) is 0 Å².